The van der Waals surface area contributed by atoms with Crippen LogP contribution in [0.25, 0.3) is 0 Å². The van der Waals surface area contributed by atoms with Gasteiger partial charge in [0.1, 0.15) is 0 Å². The molecule has 0 spiro atoms. The van der Waals surface area contributed by atoms with Gasteiger partial charge in [-0.05, 0) is 19.8 Å². The zero-order valence-electron chi connectivity index (χ0n) is 9.79. The van der Waals surface area contributed by atoms with Crippen LogP contribution in [-0.4, -0.2) is 16.2 Å². The van der Waals surface area contributed by atoms with Gasteiger partial charge in [0.25, 0.3) is 5.56 Å². The maximum atomic E-state index is 11.1. The van der Waals surface area contributed by atoms with Crippen LogP contribution in [0.4, 0.5) is 5.95 Å². The Labute approximate surface area is 95.0 Å². The summed E-state index contributed by atoms with van der Waals surface area (Å²) >= 11 is 0. The van der Waals surface area contributed by atoms with Gasteiger partial charge in [-0.3, -0.25) is 9.78 Å². The average Bonchev–Trinajstić information content (AvgIpc) is 2.22. The smallest absolute Gasteiger partial charge is 0.252 e. The van der Waals surface area contributed by atoms with Crippen molar-refractivity contribution in [3.8, 4) is 0 Å². The van der Waals surface area contributed by atoms with Crippen molar-refractivity contribution in [3.63, 3.8) is 0 Å². The van der Waals surface area contributed by atoms with Gasteiger partial charge >= 0.3 is 0 Å². The number of rotatable bonds is 6. The summed E-state index contributed by atoms with van der Waals surface area (Å²) in [5, 5.41) is 3.99. The van der Waals surface area contributed by atoms with Crippen molar-refractivity contribution in [1.82, 2.24) is 9.97 Å². The molecule has 1 heterocycles. The van der Waals surface area contributed by atoms with E-state index >= 15 is 0 Å². The van der Waals surface area contributed by atoms with Gasteiger partial charge in [-0.15, -0.1) is 0 Å². The molecule has 0 aromatic carbocycles. The summed E-state index contributed by atoms with van der Waals surface area (Å²) in [4.78, 5) is 17.7. The molecule has 0 amide bonds. The predicted molar refractivity (Wildman–Crippen MR) is 65.9 cm³/mol. The molecular weight excluding hydrogens is 204 g/mol. The SMILES string of the molecule is CCCCC/C=N\Nc1nc(C)cc(=O)[nH]1. The maximum absolute atomic E-state index is 11.1. The molecule has 0 bridgehead atoms. The highest BCUT2D eigenvalue weighted by Gasteiger charge is 1.94. The summed E-state index contributed by atoms with van der Waals surface area (Å²) in [7, 11) is 0. The van der Waals surface area contributed by atoms with Crippen LogP contribution in [0.3, 0.4) is 0 Å². The minimum absolute atomic E-state index is 0.170. The number of nitrogens with zero attached hydrogens (tertiary/aromatic N) is 2. The van der Waals surface area contributed by atoms with Gasteiger partial charge in [0.2, 0.25) is 5.95 Å². The summed E-state index contributed by atoms with van der Waals surface area (Å²) in [6.45, 7) is 3.93. The topological polar surface area (TPSA) is 70.1 Å². The van der Waals surface area contributed by atoms with Crippen molar-refractivity contribution >= 4 is 12.2 Å². The van der Waals surface area contributed by atoms with Crippen molar-refractivity contribution in [2.24, 2.45) is 5.10 Å². The summed E-state index contributed by atoms with van der Waals surface area (Å²) in [5.74, 6) is 0.386. The molecule has 0 saturated carbocycles. The minimum atomic E-state index is -0.170. The average molecular weight is 222 g/mol. The minimum Gasteiger partial charge on any atom is -0.291 e. The fourth-order valence-electron chi connectivity index (χ4n) is 1.29. The standard InChI is InChI=1S/C11H18N4O/c1-3-4-5-6-7-12-15-11-13-9(2)8-10(16)14-11/h7-8H,3-6H2,1-2H3,(H2,13,14,15,16)/b12-7-. The first-order chi connectivity index (χ1) is 7.72. The monoisotopic (exact) mass is 222 g/mol. The Morgan fingerprint density at radius 3 is 3.06 bits per heavy atom. The molecule has 0 unspecified atom stereocenters. The van der Waals surface area contributed by atoms with Crippen molar-refractivity contribution in [3.05, 3.63) is 22.1 Å². The molecule has 0 aliphatic heterocycles. The first kappa shape index (κ1) is 12.4. The maximum Gasteiger partial charge on any atom is 0.252 e. The van der Waals surface area contributed by atoms with Crippen molar-refractivity contribution in [2.45, 2.75) is 39.5 Å². The Kier molecular flexibility index (Phi) is 5.25. The van der Waals surface area contributed by atoms with Crippen LogP contribution in [0, 0.1) is 6.92 Å². The molecule has 1 rings (SSSR count). The van der Waals surface area contributed by atoms with Crippen molar-refractivity contribution < 1.29 is 0 Å². The number of anilines is 1. The Hall–Kier alpha value is -1.65. The molecule has 1 aromatic rings. The number of aryl methyl sites for hydroxylation is 1. The fourth-order valence-corrected chi connectivity index (χ4v) is 1.29. The Balaban J connectivity index is 2.39. The predicted octanol–water partition coefficient (Wildman–Crippen LogP) is 2.06. The lowest BCUT2D eigenvalue weighted by Crippen LogP contribution is -2.10. The lowest BCUT2D eigenvalue weighted by molar-refractivity contribution is 0.746. The molecule has 5 heteroatoms. The molecule has 5 nitrogen and oxygen atoms in total. The lowest BCUT2D eigenvalue weighted by atomic mass is 10.2. The second-order valence-electron chi connectivity index (χ2n) is 3.65. The number of hydrogen-bond donors (Lipinski definition) is 2. The number of aromatic amines is 1. The zero-order valence-corrected chi connectivity index (χ0v) is 9.79. The number of hydrazone groups is 1. The van der Waals surface area contributed by atoms with E-state index in [1.807, 2.05) is 0 Å². The van der Waals surface area contributed by atoms with E-state index in [1.54, 1.807) is 13.1 Å². The van der Waals surface area contributed by atoms with Crippen LogP contribution in [-0.2, 0) is 0 Å². The van der Waals surface area contributed by atoms with Crippen LogP contribution < -0.4 is 11.0 Å². The van der Waals surface area contributed by atoms with Crippen molar-refractivity contribution in [1.29, 1.82) is 0 Å². The summed E-state index contributed by atoms with van der Waals surface area (Å²) < 4.78 is 0. The Morgan fingerprint density at radius 1 is 1.56 bits per heavy atom. The van der Waals surface area contributed by atoms with E-state index in [0.29, 0.717) is 11.6 Å². The van der Waals surface area contributed by atoms with E-state index in [1.165, 1.54) is 18.9 Å². The quantitative estimate of drug-likeness (QED) is 0.439. The van der Waals surface area contributed by atoms with E-state index in [0.717, 1.165) is 12.8 Å². The Bertz CT molecular complexity index is 397. The molecular formula is C11H18N4O. The van der Waals surface area contributed by atoms with E-state index < -0.39 is 0 Å². The van der Waals surface area contributed by atoms with Crippen LogP contribution >= 0.6 is 0 Å². The van der Waals surface area contributed by atoms with E-state index in [4.69, 9.17) is 0 Å². The third-order valence-corrected chi connectivity index (χ3v) is 2.07. The second kappa shape index (κ2) is 6.76. The van der Waals surface area contributed by atoms with Crippen LogP contribution in [0.5, 0.6) is 0 Å². The third kappa shape index (κ3) is 4.72. The molecule has 1 aromatic heterocycles. The molecule has 88 valence electrons. The lowest BCUT2D eigenvalue weighted by Gasteiger charge is -1.99. The number of unbranched alkanes of at least 4 members (excludes halogenated alkanes) is 3. The van der Waals surface area contributed by atoms with Crippen LogP contribution in [0.1, 0.15) is 38.3 Å². The summed E-state index contributed by atoms with van der Waals surface area (Å²) in [6, 6.07) is 1.44. The van der Waals surface area contributed by atoms with E-state index in [9.17, 15) is 4.79 Å². The van der Waals surface area contributed by atoms with E-state index in [2.05, 4.69) is 27.4 Å². The highest BCUT2D eigenvalue weighted by Crippen LogP contribution is 1.97. The number of H-pyrrole nitrogens is 1. The largest absolute Gasteiger partial charge is 0.291 e. The van der Waals surface area contributed by atoms with Gasteiger partial charge in [0.05, 0.1) is 0 Å². The van der Waals surface area contributed by atoms with E-state index in [-0.39, 0.29) is 5.56 Å². The molecule has 0 saturated heterocycles. The van der Waals surface area contributed by atoms with Crippen molar-refractivity contribution in [2.75, 3.05) is 5.43 Å². The third-order valence-electron chi connectivity index (χ3n) is 2.07. The highest BCUT2D eigenvalue weighted by atomic mass is 16.1. The van der Waals surface area contributed by atoms with Crippen LogP contribution in [0.2, 0.25) is 0 Å². The zero-order chi connectivity index (χ0) is 11.8. The first-order valence-electron chi connectivity index (χ1n) is 5.58. The summed E-state index contributed by atoms with van der Waals surface area (Å²) in [6.07, 6.45) is 6.30. The molecule has 0 fully saturated rings. The summed E-state index contributed by atoms with van der Waals surface area (Å²) in [5.41, 5.74) is 3.21. The molecule has 0 radical (unpaired) electrons. The number of hydrogen-bond acceptors (Lipinski definition) is 4. The van der Waals surface area contributed by atoms with Crippen LogP contribution in [0.15, 0.2) is 16.0 Å². The number of aromatic nitrogens is 2. The normalized spacial score (nSPS) is 10.9. The van der Waals surface area contributed by atoms with Gasteiger partial charge in [0, 0.05) is 18.0 Å². The van der Waals surface area contributed by atoms with Gasteiger partial charge in [-0.1, -0.05) is 19.8 Å². The van der Waals surface area contributed by atoms with Gasteiger partial charge in [-0.2, -0.15) is 5.10 Å². The fraction of sp³-hybridized carbons (Fsp3) is 0.545. The Morgan fingerprint density at radius 2 is 2.38 bits per heavy atom. The first-order valence-corrected chi connectivity index (χ1v) is 5.58. The molecule has 2 N–H and O–H groups in total. The number of nitrogens with one attached hydrogen (secondary N) is 2. The molecule has 0 aliphatic carbocycles. The molecule has 0 aliphatic rings. The second-order valence-corrected chi connectivity index (χ2v) is 3.65. The molecule has 0 atom stereocenters. The van der Waals surface area contributed by atoms with Gasteiger partial charge in [-0.25, -0.2) is 10.4 Å². The van der Waals surface area contributed by atoms with Gasteiger partial charge in [0.15, 0.2) is 0 Å². The molecule has 16 heavy (non-hydrogen) atoms. The highest BCUT2D eigenvalue weighted by molar-refractivity contribution is 5.58. The van der Waals surface area contributed by atoms with Gasteiger partial charge < -0.3 is 0 Å².